The molecule has 0 aliphatic carbocycles. The van der Waals surface area contributed by atoms with E-state index in [0.717, 1.165) is 5.56 Å². The van der Waals surface area contributed by atoms with Crippen LogP contribution in [0.1, 0.15) is 12.0 Å². The minimum atomic E-state index is -0.287. The molecule has 0 radical (unpaired) electrons. The maximum Gasteiger partial charge on any atom is 0.244 e. The van der Waals surface area contributed by atoms with Crippen molar-refractivity contribution in [3.05, 3.63) is 53.1 Å². The van der Waals surface area contributed by atoms with Crippen LogP contribution in [0.3, 0.4) is 0 Å². The minimum absolute atomic E-state index is 0.0782. The van der Waals surface area contributed by atoms with Crippen LogP contribution in [0.5, 0.6) is 5.75 Å². The Hall–Kier alpha value is -2.53. The van der Waals surface area contributed by atoms with Crippen molar-refractivity contribution >= 4 is 34.8 Å². The molecule has 2 amide bonds. The second kappa shape index (κ2) is 6.93. The molecule has 6 heteroatoms. The summed E-state index contributed by atoms with van der Waals surface area (Å²) in [7, 11) is 0. The highest BCUT2D eigenvalue weighted by atomic mass is 35.5. The molecule has 0 atom stereocenters. The summed E-state index contributed by atoms with van der Waals surface area (Å²) >= 11 is 5.97. The van der Waals surface area contributed by atoms with Crippen molar-refractivity contribution in [2.24, 2.45) is 0 Å². The molecule has 2 aromatic carbocycles. The summed E-state index contributed by atoms with van der Waals surface area (Å²) in [6, 6.07) is 12.5. The predicted molar refractivity (Wildman–Crippen MR) is 93.7 cm³/mol. The van der Waals surface area contributed by atoms with Crippen LogP contribution >= 0.6 is 11.6 Å². The third-order valence-electron chi connectivity index (χ3n) is 3.81. The van der Waals surface area contributed by atoms with Gasteiger partial charge in [0.25, 0.3) is 0 Å². The van der Waals surface area contributed by atoms with Crippen LogP contribution in [0, 0.1) is 6.92 Å². The number of carbonyl (C=O) groups excluding carboxylic acids is 2. The number of nitrogens with one attached hydrogen (secondary N) is 1. The lowest BCUT2D eigenvalue weighted by molar-refractivity contribution is -0.121. The third-order valence-corrected chi connectivity index (χ3v) is 4.04. The molecule has 0 aromatic heterocycles. The first-order valence-corrected chi connectivity index (χ1v) is 8.00. The number of nitrogens with zero attached hydrogens (tertiary/aromatic N) is 1. The van der Waals surface area contributed by atoms with Gasteiger partial charge in [0.2, 0.25) is 11.8 Å². The fourth-order valence-electron chi connectivity index (χ4n) is 2.56. The highest BCUT2D eigenvalue weighted by Crippen LogP contribution is 2.31. The van der Waals surface area contributed by atoms with E-state index >= 15 is 0 Å². The molecule has 124 valence electrons. The van der Waals surface area contributed by atoms with Gasteiger partial charge in [0.15, 0.2) is 0 Å². The Morgan fingerprint density at radius 2 is 2.08 bits per heavy atom. The van der Waals surface area contributed by atoms with E-state index in [9.17, 15) is 9.59 Å². The monoisotopic (exact) mass is 344 g/mol. The first-order chi connectivity index (χ1) is 11.5. The Bertz CT molecular complexity index is 792. The molecule has 0 saturated carbocycles. The fourth-order valence-corrected chi connectivity index (χ4v) is 2.73. The van der Waals surface area contributed by atoms with E-state index in [0.29, 0.717) is 28.8 Å². The molecule has 0 saturated heterocycles. The number of ether oxygens (including phenoxy) is 1. The summed E-state index contributed by atoms with van der Waals surface area (Å²) in [4.78, 5) is 26.2. The van der Waals surface area contributed by atoms with Crippen molar-refractivity contribution in [1.29, 1.82) is 0 Å². The summed E-state index contributed by atoms with van der Waals surface area (Å²) in [6.45, 7) is 2.11. The molecule has 0 bridgehead atoms. The van der Waals surface area contributed by atoms with Gasteiger partial charge in [-0.25, -0.2) is 0 Å². The van der Waals surface area contributed by atoms with Crippen molar-refractivity contribution in [3.8, 4) is 5.75 Å². The van der Waals surface area contributed by atoms with Crippen molar-refractivity contribution in [3.63, 3.8) is 0 Å². The smallest absolute Gasteiger partial charge is 0.244 e. The number of hydrogen-bond donors (Lipinski definition) is 1. The molecule has 1 aliphatic rings. The lowest BCUT2D eigenvalue weighted by Crippen LogP contribution is -2.37. The topological polar surface area (TPSA) is 58.6 Å². The zero-order valence-electron chi connectivity index (χ0n) is 13.2. The maximum atomic E-state index is 12.4. The molecule has 2 aromatic rings. The van der Waals surface area contributed by atoms with Gasteiger partial charge >= 0.3 is 0 Å². The second-order valence-electron chi connectivity index (χ2n) is 5.55. The highest BCUT2D eigenvalue weighted by Gasteiger charge is 2.25. The summed E-state index contributed by atoms with van der Waals surface area (Å²) < 4.78 is 5.57. The van der Waals surface area contributed by atoms with E-state index in [1.54, 1.807) is 24.3 Å². The van der Waals surface area contributed by atoms with Crippen molar-refractivity contribution in [2.75, 3.05) is 23.4 Å². The minimum Gasteiger partial charge on any atom is -0.491 e. The quantitative estimate of drug-likeness (QED) is 0.928. The second-order valence-corrected chi connectivity index (χ2v) is 5.99. The summed E-state index contributed by atoms with van der Waals surface area (Å²) in [5.41, 5.74) is 2.15. The standard InChI is InChI=1S/C18H17ClN2O3/c1-12-6-7-13(19)10-14(12)20-17(22)11-21-15-4-2-3-5-16(15)24-9-8-18(21)23/h2-7,10H,8-9,11H2,1H3,(H,20,22). The molecular formula is C18H17ClN2O3. The molecule has 5 nitrogen and oxygen atoms in total. The van der Waals surface area contributed by atoms with E-state index in [-0.39, 0.29) is 24.8 Å². The predicted octanol–water partition coefficient (Wildman–Crippen LogP) is 3.40. The molecule has 24 heavy (non-hydrogen) atoms. The fraction of sp³-hybridized carbons (Fsp3) is 0.222. The van der Waals surface area contributed by atoms with Crippen LogP contribution in [0.4, 0.5) is 11.4 Å². The van der Waals surface area contributed by atoms with Crippen molar-refractivity contribution in [2.45, 2.75) is 13.3 Å². The zero-order valence-corrected chi connectivity index (χ0v) is 14.0. The summed E-state index contributed by atoms with van der Waals surface area (Å²) in [6.07, 6.45) is 0.234. The van der Waals surface area contributed by atoms with Gasteiger partial charge < -0.3 is 10.1 Å². The lowest BCUT2D eigenvalue weighted by atomic mass is 10.2. The Morgan fingerprint density at radius 1 is 1.29 bits per heavy atom. The molecule has 0 spiro atoms. The van der Waals surface area contributed by atoms with Crippen LogP contribution in [0.2, 0.25) is 5.02 Å². The number of rotatable bonds is 3. The highest BCUT2D eigenvalue weighted by molar-refractivity contribution is 6.31. The number of halogens is 1. The average Bonchev–Trinajstić information content (AvgIpc) is 2.71. The van der Waals surface area contributed by atoms with Gasteiger partial charge in [0, 0.05) is 10.7 Å². The number of amides is 2. The van der Waals surface area contributed by atoms with Crippen molar-refractivity contribution < 1.29 is 14.3 Å². The van der Waals surface area contributed by atoms with Gasteiger partial charge in [0.05, 0.1) is 18.7 Å². The molecular weight excluding hydrogens is 328 g/mol. The van der Waals surface area contributed by atoms with Crippen molar-refractivity contribution in [1.82, 2.24) is 0 Å². The molecule has 1 aliphatic heterocycles. The molecule has 0 fully saturated rings. The maximum absolute atomic E-state index is 12.4. The molecule has 1 heterocycles. The number of fused-ring (bicyclic) bond motifs is 1. The van der Waals surface area contributed by atoms with Crippen LogP contribution in [0.15, 0.2) is 42.5 Å². The van der Waals surface area contributed by atoms with E-state index < -0.39 is 0 Å². The molecule has 1 N–H and O–H groups in total. The Labute approximate surface area is 145 Å². The van der Waals surface area contributed by atoms with Crippen LogP contribution in [-0.4, -0.2) is 25.0 Å². The number of anilines is 2. The largest absolute Gasteiger partial charge is 0.491 e. The van der Waals surface area contributed by atoms with E-state index in [1.165, 1.54) is 4.90 Å². The van der Waals surface area contributed by atoms with Gasteiger partial charge in [-0.3, -0.25) is 14.5 Å². The number of aryl methyl sites for hydroxylation is 1. The molecule has 3 rings (SSSR count). The average molecular weight is 345 g/mol. The van der Waals surface area contributed by atoms with Gasteiger partial charge in [-0.1, -0.05) is 29.8 Å². The van der Waals surface area contributed by atoms with Gasteiger partial charge in [-0.05, 0) is 36.8 Å². The molecule has 0 unspecified atom stereocenters. The van der Waals surface area contributed by atoms with Crippen LogP contribution < -0.4 is 15.0 Å². The summed E-state index contributed by atoms with van der Waals surface area (Å²) in [5, 5.41) is 3.35. The van der Waals surface area contributed by atoms with E-state index in [2.05, 4.69) is 5.32 Å². The van der Waals surface area contributed by atoms with Gasteiger partial charge in [-0.15, -0.1) is 0 Å². The van der Waals surface area contributed by atoms with Crippen LogP contribution in [-0.2, 0) is 9.59 Å². The normalized spacial score (nSPS) is 13.8. The Balaban J connectivity index is 1.80. The first-order valence-electron chi connectivity index (χ1n) is 7.63. The zero-order chi connectivity index (χ0) is 17.1. The van der Waals surface area contributed by atoms with Gasteiger partial charge in [-0.2, -0.15) is 0 Å². The van der Waals surface area contributed by atoms with Crippen LogP contribution in [0.25, 0.3) is 0 Å². The lowest BCUT2D eigenvalue weighted by Gasteiger charge is -2.21. The third kappa shape index (κ3) is 3.51. The SMILES string of the molecule is Cc1ccc(Cl)cc1NC(=O)CN1C(=O)CCOc2ccccc21. The number of para-hydroxylation sites is 2. The summed E-state index contributed by atoms with van der Waals surface area (Å²) in [5.74, 6) is 0.179. The van der Waals surface area contributed by atoms with E-state index in [4.69, 9.17) is 16.3 Å². The Kier molecular flexibility index (Phi) is 4.71. The number of carbonyl (C=O) groups is 2. The number of hydrogen-bond acceptors (Lipinski definition) is 3. The van der Waals surface area contributed by atoms with Gasteiger partial charge in [0.1, 0.15) is 12.3 Å². The number of benzene rings is 2. The van der Waals surface area contributed by atoms with E-state index in [1.807, 2.05) is 25.1 Å². The Morgan fingerprint density at radius 3 is 2.92 bits per heavy atom. The first kappa shape index (κ1) is 16.3.